The van der Waals surface area contributed by atoms with Gasteiger partial charge in [0.1, 0.15) is 29.1 Å². The molecule has 1 heterocycles. The zero-order valence-corrected chi connectivity index (χ0v) is 20.1. The summed E-state index contributed by atoms with van der Waals surface area (Å²) >= 11 is 0. The second-order valence-electron chi connectivity index (χ2n) is 8.70. The molecule has 1 aliphatic heterocycles. The van der Waals surface area contributed by atoms with Crippen molar-refractivity contribution in [1.82, 2.24) is 0 Å². The number of benzene rings is 2. The molecule has 182 valence electrons. The first kappa shape index (κ1) is 25.2. The fraction of sp³-hybridized carbons (Fsp3) is 0.556. The van der Waals surface area contributed by atoms with Gasteiger partial charge in [-0.25, -0.2) is 0 Å². The minimum Gasteiger partial charge on any atom is -0.507 e. The summed E-state index contributed by atoms with van der Waals surface area (Å²) < 4.78 is 18.1. The van der Waals surface area contributed by atoms with Crippen molar-refractivity contribution >= 4 is 0 Å². The van der Waals surface area contributed by atoms with Gasteiger partial charge in [0.15, 0.2) is 0 Å². The van der Waals surface area contributed by atoms with Crippen LogP contribution in [0, 0.1) is 0 Å². The number of phenolic OH excluding ortho intramolecular Hbond substituents is 1. The van der Waals surface area contributed by atoms with Crippen LogP contribution in [0.3, 0.4) is 0 Å². The van der Waals surface area contributed by atoms with Gasteiger partial charge in [0.2, 0.25) is 0 Å². The number of aromatic hydroxyl groups is 1. The number of hydrogen-bond acceptors (Lipinski definition) is 6. The van der Waals surface area contributed by atoms with E-state index in [9.17, 15) is 15.3 Å². The topological polar surface area (TPSA) is 88.4 Å². The maximum absolute atomic E-state index is 10.5. The second kappa shape index (κ2) is 12.1. The number of hydrogen-bond donors (Lipinski definition) is 3. The van der Waals surface area contributed by atoms with Gasteiger partial charge in [0, 0.05) is 23.1 Å². The molecule has 1 aliphatic rings. The molecule has 3 rings (SSSR count). The Bertz CT molecular complexity index is 908. The van der Waals surface area contributed by atoms with Crippen LogP contribution in [0.2, 0.25) is 0 Å². The number of fused-ring (bicyclic) bond motifs is 1. The van der Waals surface area contributed by atoms with E-state index < -0.39 is 6.10 Å². The smallest absolute Gasteiger partial charge is 0.129 e. The van der Waals surface area contributed by atoms with Crippen LogP contribution in [0.15, 0.2) is 24.3 Å². The molecule has 0 aliphatic carbocycles. The van der Waals surface area contributed by atoms with Crippen molar-refractivity contribution in [3.8, 4) is 23.0 Å². The number of aryl methyl sites for hydroxylation is 1. The van der Waals surface area contributed by atoms with Gasteiger partial charge in [-0.1, -0.05) is 32.8 Å². The molecule has 0 saturated carbocycles. The highest BCUT2D eigenvalue weighted by atomic mass is 16.5. The summed E-state index contributed by atoms with van der Waals surface area (Å²) in [6.07, 6.45) is 4.95. The van der Waals surface area contributed by atoms with Gasteiger partial charge in [0.25, 0.3) is 0 Å². The van der Waals surface area contributed by atoms with E-state index in [2.05, 4.69) is 13.0 Å². The summed E-state index contributed by atoms with van der Waals surface area (Å²) in [6, 6.07) is 7.64. The highest BCUT2D eigenvalue weighted by Crippen LogP contribution is 2.38. The summed E-state index contributed by atoms with van der Waals surface area (Å²) in [5, 5.41) is 29.9. The molecule has 0 radical (unpaired) electrons. The SMILES string of the molecule is CCCc1c(OCCCOc2ccc3c(c2CCC)OC(CO)CC3)ccc(C(C)O)c1O. The molecule has 0 fully saturated rings. The van der Waals surface area contributed by atoms with Gasteiger partial charge in [-0.3, -0.25) is 0 Å². The Hall–Kier alpha value is -2.44. The van der Waals surface area contributed by atoms with Crippen molar-refractivity contribution < 1.29 is 29.5 Å². The lowest BCUT2D eigenvalue weighted by Gasteiger charge is -2.28. The number of rotatable bonds is 12. The zero-order chi connectivity index (χ0) is 23.8. The third kappa shape index (κ3) is 6.12. The molecular formula is C27H38O6. The molecule has 0 aromatic heterocycles. The quantitative estimate of drug-likeness (QED) is 0.393. The predicted molar refractivity (Wildman–Crippen MR) is 129 cm³/mol. The average molecular weight is 459 g/mol. The predicted octanol–water partition coefficient (Wildman–Crippen LogP) is 4.88. The molecule has 6 heteroatoms. The minimum absolute atomic E-state index is 0.0290. The first-order valence-corrected chi connectivity index (χ1v) is 12.2. The van der Waals surface area contributed by atoms with E-state index in [1.807, 2.05) is 19.1 Å². The van der Waals surface area contributed by atoms with E-state index >= 15 is 0 Å². The van der Waals surface area contributed by atoms with E-state index in [-0.39, 0.29) is 18.5 Å². The molecule has 6 nitrogen and oxygen atoms in total. The molecule has 0 saturated heterocycles. The third-order valence-electron chi connectivity index (χ3n) is 6.05. The monoisotopic (exact) mass is 458 g/mol. The summed E-state index contributed by atoms with van der Waals surface area (Å²) in [5.74, 6) is 2.50. The zero-order valence-electron chi connectivity index (χ0n) is 20.1. The van der Waals surface area contributed by atoms with Gasteiger partial charge in [0.05, 0.1) is 25.9 Å². The summed E-state index contributed by atoms with van der Waals surface area (Å²) in [7, 11) is 0. The summed E-state index contributed by atoms with van der Waals surface area (Å²) in [4.78, 5) is 0. The molecule has 0 amide bonds. The Morgan fingerprint density at radius 1 is 1.00 bits per heavy atom. The van der Waals surface area contributed by atoms with Gasteiger partial charge in [-0.15, -0.1) is 0 Å². The van der Waals surface area contributed by atoms with Crippen LogP contribution in [-0.2, 0) is 19.3 Å². The third-order valence-corrected chi connectivity index (χ3v) is 6.05. The fourth-order valence-corrected chi connectivity index (χ4v) is 4.32. The Kier molecular flexibility index (Phi) is 9.27. The van der Waals surface area contributed by atoms with E-state index in [4.69, 9.17) is 14.2 Å². The molecular weight excluding hydrogens is 420 g/mol. The van der Waals surface area contributed by atoms with E-state index in [1.54, 1.807) is 13.0 Å². The first-order valence-electron chi connectivity index (χ1n) is 12.2. The van der Waals surface area contributed by atoms with Crippen molar-refractivity contribution in [3.63, 3.8) is 0 Å². The molecule has 2 aromatic carbocycles. The second-order valence-corrected chi connectivity index (χ2v) is 8.70. The van der Waals surface area contributed by atoms with Crippen molar-refractivity contribution in [3.05, 3.63) is 46.5 Å². The van der Waals surface area contributed by atoms with Crippen LogP contribution in [0.4, 0.5) is 0 Å². The highest BCUT2D eigenvalue weighted by molar-refractivity contribution is 5.52. The first-order chi connectivity index (χ1) is 16.0. The van der Waals surface area contributed by atoms with Crippen LogP contribution >= 0.6 is 0 Å². The summed E-state index contributed by atoms with van der Waals surface area (Å²) in [6.45, 7) is 6.81. The van der Waals surface area contributed by atoms with E-state index in [0.717, 1.165) is 54.7 Å². The molecule has 0 bridgehead atoms. The van der Waals surface area contributed by atoms with Gasteiger partial charge >= 0.3 is 0 Å². The fourth-order valence-electron chi connectivity index (χ4n) is 4.32. The molecule has 2 aromatic rings. The van der Waals surface area contributed by atoms with Crippen molar-refractivity contribution in [2.75, 3.05) is 19.8 Å². The Morgan fingerprint density at radius 3 is 2.27 bits per heavy atom. The lowest BCUT2D eigenvalue weighted by atomic mass is 9.96. The number of aliphatic hydroxyl groups excluding tert-OH is 2. The van der Waals surface area contributed by atoms with Crippen LogP contribution in [0.25, 0.3) is 0 Å². The summed E-state index contributed by atoms with van der Waals surface area (Å²) in [5.41, 5.74) is 3.53. The maximum Gasteiger partial charge on any atom is 0.129 e. The van der Waals surface area contributed by atoms with Gasteiger partial charge in [-0.2, -0.15) is 0 Å². The maximum atomic E-state index is 10.5. The molecule has 2 unspecified atom stereocenters. The lowest BCUT2D eigenvalue weighted by molar-refractivity contribution is 0.0962. The van der Waals surface area contributed by atoms with Crippen molar-refractivity contribution in [2.45, 2.75) is 77.9 Å². The standard InChI is InChI=1S/C27H38O6/c1-4-7-22-24(14-12-21(18(3)29)26(22)30)31-15-6-16-32-25-13-10-19-9-11-20(17-28)33-27(19)23(25)8-5-2/h10,12-14,18,20,28-30H,4-9,11,15-17H2,1-3H3. The van der Waals surface area contributed by atoms with Crippen LogP contribution in [-0.4, -0.2) is 41.2 Å². The normalized spacial score (nSPS) is 16.1. The van der Waals surface area contributed by atoms with Gasteiger partial charge < -0.3 is 29.5 Å². The van der Waals surface area contributed by atoms with Gasteiger partial charge in [-0.05, 0) is 56.4 Å². The number of ether oxygens (including phenoxy) is 3. The Morgan fingerprint density at radius 2 is 1.64 bits per heavy atom. The van der Waals surface area contributed by atoms with Crippen molar-refractivity contribution in [2.24, 2.45) is 0 Å². The molecule has 2 atom stereocenters. The molecule has 33 heavy (non-hydrogen) atoms. The van der Waals surface area contributed by atoms with Crippen LogP contribution < -0.4 is 14.2 Å². The number of aliphatic hydroxyl groups is 2. The average Bonchev–Trinajstić information content (AvgIpc) is 2.81. The van der Waals surface area contributed by atoms with Crippen molar-refractivity contribution in [1.29, 1.82) is 0 Å². The number of phenols is 1. The van der Waals surface area contributed by atoms with E-state index in [1.165, 1.54) is 5.56 Å². The largest absolute Gasteiger partial charge is 0.507 e. The van der Waals surface area contributed by atoms with Crippen LogP contribution in [0.5, 0.6) is 23.0 Å². The lowest BCUT2D eigenvalue weighted by Crippen LogP contribution is -2.27. The highest BCUT2D eigenvalue weighted by Gasteiger charge is 2.24. The Balaban J connectivity index is 1.61. The minimum atomic E-state index is -0.728. The van der Waals surface area contributed by atoms with E-state index in [0.29, 0.717) is 37.4 Å². The molecule has 3 N–H and O–H groups in total. The molecule has 0 spiro atoms. The van der Waals surface area contributed by atoms with Crippen LogP contribution in [0.1, 0.15) is 74.8 Å². The Labute approximate surface area is 197 Å².